The van der Waals surface area contributed by atoms with Crippen LogP contribution in [0.5, 0.6) is 11.5 Å². The number of methoxy groups -OCH3 is 2. The van der Waals surface area contributed by atoms with Crippen molar-refractivity contribution in [3.8, 4) is 11.5 Å². The molecule has 0 spiro atoms. The highest BCUT2D eigenvalue weighted by atomic mass is 127. The number of carbonyl (C=O) groups is 1. The van der Waals surface area contributed by atoms with Crippen molar-refractivity contribution in [3.05, 3.63) is 23.8 Å². The van der Waals surface area contributed by atoms with Crippen molar-refractivity contribution in [3.63, 3.8) is 0 Å². The van der Waals surface area contributed by atoms with Crippen LogP contribution in [0.2, 0.25) is 0 Å². The molecule has 0 bridgehead atoms. The molecular weight excluding hydrogens is 447 g/mol. The van der Waals surface area contributed by atoms with E-state index in [1.165, 1.54) is 12.8 Å². The predicted octanol–water partition coefficient (Wildman–Crippen LogP) is 2.18. The first-order valence-corrected chi connectivity index (χ1v) is 8.66. The first-order chi connectivity index (χ1) is 12.1. The van der Waals surface area contributed by atoms with E-state index in [2.05, 4.69) is 15.6 Å². The van der Waals surface area contributed by atoms with Crippen LogP contribution in [0.3, 0.4) is 0 Å². The van der Waals surface area contributed by atoms with Gasteiger partial charge in [-0.25, -0.2) is 4.99 Å². The molecule has 1 aromatic carbocycles. The molecule has 4 N–H and O–H groups in total. The molecule has 1 fully saturated rings. The molecule has 146 valence electrons. The number of guanidine groups is 1. The molecule has 0 aliphatic heterocycles. The average Bonchev–Trinajstić information content (AvgIpc) is 3.12. The van der Waals surface area contributed by atoms with E-state index >= 15 is 0 Å². The highest BCUT2D eigenvalue weighted by Crippen LogP contribution is 2.27. The van der Waals surface area contributed by atoms with Gasteiger partial charge in [-0.1, -0.05) is 18.9 Å². The second kappa shape index (κ2) is 11.8. The summed E-state index contributed by atoms with van der Waals surface area (Å²) in [7, 11) is 3.19. The van der Waals surface area contributed by atoms with Crippen molar-refractivity contribution in [2.75, 3.05) is 20.8 Å². The van der Waals surface area contributed by atoms with Gasteiger partial charge in [0.25, 0.3) is 0 Å². The molecular formula is C18H29IN4O3. The topological polar surface area (TPSA) is 98.0 Å². The van der Waals surface area contributed by atoms with E-state index < -0.39 is 0 Å². The molecule has 1 aromatic rings. The highest BCUT2D eigenvalue weighted by molar-refractivity contribution is 14.0. The quantitative estimate of drug-likeness (QED) is 0.304. The molecule has 1 aliphatic carbocycles. The molecule has 0 unspecified atom stereocenters. The van der Waals surface area contributed by atoms with Crippen LogP contribution in [0.25, 0.3) is 0 Å². The van der Waals surface area contributed by atoms with E-state index in [-0.39, 0.29) is 29.9 Å². The number of carbonyl (C=O) groups excluding carboxylic acids is 1. The van der Waals surface area contributed by atoms with Crippen molar-refractivity contribution in [2.45, 2.75) is 44.7 Å². The van der Waals surface area contributed by atoms with Crippen molar-refractivity contribution in [1.29, 1.82) is 0 Å². The standard InChI is InChI=1S/C18H28N4O3.HI/c1-24-15-8-7-13(11-16(15)25-2)12-21-18(19)20-10-9-17(23)22-14-5-3-4-6-14;/h7-8,11,14H,3-6,9-10,12H2,1-2H3,(H,22,23)(H3,19,20,21);1H. The summed E-state index contributed by atoms with van der Waals surface area (Å²) in [6.07, 6.45) is 4.99. The molecule has 0 heterocycles. The summed E-state index contributed by atoms with van der Waals surface area (Å²) in [5.74, 6) is 1.72. The maximum Gasteiger partial charge on any atom is 0.221 e. The largest absolute Gasteiger partial charge is 0.493 e. The molecule has 2 rings (SSSR count). The first kappa shape index (κ1) is 22.3. The molecule has 1 amide bonds. The number of hydrogen-bond acceptors (Lipinski definition) is 4. The van der Waals surface area contributed by atoms with Crippen molar-refractivity contribution >= 4 is 35.8 Å². The third-order valence-corrected chi connectivity index (χ3v) is 4.26. The zero-order valence-corrected chi connectivity index (χ0v) is 17.7. The molecule has 0 saturated heterocycles. The van der Waals surface area contributed by atoms with E-state index in [9.17, 15) is 4.79 Å². The number of aliphatic imine (C=N–C) groups is 1. The Hall–Kier alpha value is -1.71. The number of nitrogens with zero attached hydrogens (tertiary/aromatic N) is 1. The number of benzene rings is 1. The minimum Gasteiger partial charge on any atom is -0.493 e. The lowest BCUT2D eigenvalue weighted by molar-refractivity contribution is -0.121. The van der Waals surface area contributed by atoms with Gasteiger partial charge in [0.2, 0.25) is 5.91 Å². The van der Waals surface area contributed by atoms with E-state index in [4.69, 9.17) is 15.2 Å². The lowest BCUT2D eigenvalue weighted by atomic mass is 10.2. The van der Waals surface area contributed by atoms with Crippen LogP contribution in [0.15, 0.2) is 23.2 Å². The van der Waals surface area contributed by atoms with Gasteiger partial charge in [0.1, 0.15) is 0 Å². The van der Waals surface area contributed by atoms with E-state index in [1.54, 1.807) is 14.2 Å². The SMILES string of the molecule is COc1ccc(CN=C(N)NCCC(=O)NC2CCCC2)cc1OC.I. The Morgan fingerprint density at radius 2 is 1.92 bits per heavy atom. The number of hydrogen-bond donors (Lipinski definition) is 3. The molecule has 1 saturated carbocycles. The van der Waals surface area contributed by atoms with Crippen LogP contribution < -0.4 is 25.8 Å². The molecule has 26 heavy (non-hydrogen) atoms. The molecule has 0 radical (unpaired) electrons. The summed E-state index contributed by atoms with van der Waals surface area (Å²) in [6.45, 7) is 0.896. The van der Waals surface area contributed by atoms with Gasteiger partial charge in [0.15, 0.2) is 17.5 Å². The van der Waals surface area contributed by atoms with Crippen LogP contribution in [-0.2, 0) is 11.3 Å². The first-order valence-electron chi connectivity index (χ1n) is 8.66. The second-order valence-electron chi connectivity index (χ2n) is 6.12. The van der Waals surface area contributed by atoms with Gasteiger partial charge < -0.3 is 25.8 Å². The summed E-state index contributed by atoms with van der Waals surface area (Å²) in [6, 6.07) is 5.96. The second-order valence-corrected chi connectivity index (χ2v) is 6.12. The van der Waals surface area contributed by atoms with Gasteiger partial charge in [0, 0.05) is 19.0 Å². The normalized spacial score (nSPS) is 14.5. The Kier molecular flexibility index (Phi) is 10.2. The third-order valence-electron chi connectivity index (χ3n) is 4.26. The van der Waals surface area contributed by atoms with Gasteiger partial charge in [0.05, 0.1) is 20.8 Å². The van der Waals surface area contributed by atoms with Crippen molar-refractivity contribution in [2.24, 2.45) is 10.7 Å². The van der Waals surface area contributed by atoms with Crippen LogP contribution in [0.4, 0.5) is 0 Å². The number of nitrogens with two attached hydrogens (primary N) is 1. The third kappa shape index (κ3) is 7.27. The van der Waals surface area contributed by atoms with Crippen LogP contribution in [0.1, 0.15) is 37.7 Å². The summed E-state index contributed by atoms with van der Waals surface area (Å²) in [5, 5.41) is 6.02. The van der Waals surface area contributed by atoms with Crippen LogP contribution >= 0.6 is 24.0 Å². The Morgan fingerprint density at radius 1 is 1.23 bits per heavy atom. The fraction of sp³-hybridized carbons (Fsp3) is 0.556. The van der Waals surface area contributed by atoms with Gasteiger partial charge in [-0.3, -0.25) is 4.79 Å². The number of rotatable bonds is 8. The monoisotopic (exact) mass is 476 g/mol. The maximum atomic E-state index is 11.8. The zero-order chi connectivity index (χ0) is 18.1. The summed E-state index contributed by atoms with van der Waals surface area (Å²) in [4.78, 5) is 16.1. The number of amides is 1. The van der Waals surface area contributed by atoms with Crippen molar-refractivity contribution in [1.82, 2.24) is 10.6 Å². The lowest BCUT2D eigenvalue weighted by Crippen LogP contribution is -2.37. The Labute approximate surface area is 172 Å². The number of halogens is 1. The van der Waals surface area contributed by atoms with Gasteiger partial charge >= 0.3 is 0 Å². The number of nitrogens with one attached hydrogen (secondary N) is 2. The fourth-order valence-corrected chi connectivity index (χ4v) is 2.89. The molecule has 0 atom stereocenters. The van der Waals surface area contributed by atoms with Gasteiger partial charge in [-0.2, -0.15) is 0 Å². The van der Waals surface area contributed by atoms with Gasteiger partial charge in [-0.05, 0) is 30.5 Å². The van der Waals surface area contributed by atoms with E-state index in [0.29, 0.717) is 43.0 Å². The molecule has 8 heteroatoms. The van der Waals surface area contributed by atoms with Crippen LogP contribution in [-0.4, -0.2) is 38.7 Å². The molecule has 0 aromatic heterocycles. The Bertz CT molecular complexity index is 604. The minimum atomic E-state index is 0. The van der Waals surface area contributed by atoms with Crippen LogP contribution in [0, 0.1) is 0 Å². The molecule has 7 nitrogen and oxygen atoms in total. The Balaban J connectivity index is 0.00000338. The maximum absolute atomic E-state index is 11.8. The number of ether oxygens (including phenoxy) is 2. The average molecular weight is 476 g/mol. The van der Waals surface area contributed by atoms with E-state index in [1.807, 2.05) is 18.2 Å². The smallest absolute Gasteiger partial charge is 0.221 e. The van der Waals surface area contributed by atoms with Gasteiger partial charge in [-0.15, -0.1) is 24.0 Å². The molecule has 1 aliphatic rings. The zero-order valence-electron chi connectivity index (χ0n) is 15.4. The van der Waals surface area contributed by atoms with E-state index in [0.717, 1.165) is 18.4 Å². The lowest BCUT2D eigenvalue weighted by Gasteiger charge is -2.12. The summed E-state index contributed by atoms with van der Waals surface area (Å²) in [5.41, 5.74) is 6.81. The minimum absolute atomic E-state index is 0. The fourth-order valence-electron chi connectivity index (χ4n) is 2.89. The predicted molar refractivity (Wildman–Crippen MR) is 113 cm³/mol. The summed E-state index contributed by atoms with van der Waals surface area (Å²) >= 11 is 0. The highest BCUT2D eigenvalue weighted by Gasteiger charge is 2.16. The van der Waals surface area contributed by atoms with Crippen molar-refractivity contribution < 1.29 is 14.3 Å². The Morgan fingerprint density at radius 3 is 2.58 bits per heavy atom. The summed E-state index contributed by atoms with van der Waals surface area (Å²) < 4.78 is 10.5.